The fraction of sp³-hybridized carbons (Fsp3) is 0.641. The number of rotatable bonds is 21. The molecule has 0 saturated carbocycles. The molecular weight excluding hydrogens is 1450 g/mol. The first-order chi connectivity index (χ1) is 49.3. The van der Waals surface area contributed by atoms with Gasteiger partial charge in [0.05, 0.1) is 41.7 Å². The Balaban J connectivity index is 0.00000115. The summed E-state index contributed by atoms with van der Waals surface area (Å²) in [7, 11) is 3.83. The minimum atomic E-state index is -0.751. The second-order valence-electron chi connectivity index (χ2n) is 27.9. The lowest BCUT2D eigenvalue weighted by Crippen LogP contribution is -2.47. The summed E-state index contributed by atoms with van der Waals surface area (Å²) in [6.07, 6.45) is 16.0. The van der Waals surface area contributed by atoms with Crippen LogP contribution in [0.25, 0.3) is 0 Å². The number of nitrogens with two attached hydrogens (primary N) is 4. The van der Waals surface area contributed by atoms with E-state index < -0.39 is 33.6 Å². The Bertz CT molecular complexity index is 2680. The van der Waals surface area contributed by atoms with Crippen LogP contribution < -0.4 is 64.6 Å². The number of nitrogens with zero attached hydrogens (tertiary/aromatic N) is 4. The van der Waals surface area contributed by atoms with E-state index in [9.17, 15) is 9.59 Å². The Morgan fingerprint density at radius 1 is 0.683 bits per heavy atom. The number of hydrogen-bond donors (Lipinski definition) is 10. The zero-order valence-electron chi connectivity index (χ0n) is 65.6. The Labute approximate surface area is 650 Å². The summed E-state index contributed by atoms with van der Waals surface area (Å²) in [5.74, 6) is 0.292. The van der Waals surface area contributed by atoms with Crippen molar-refractivity contribution in [3.8, 4) is 0 Å². The molecule has 26 heteroatoms. The zero-order chi connectivity index (χ0) is 78.1. The predicted octanol–water partition coefficient (Wildman–Crippen LogP) is 11.1. The van der Waals surface area contributed by atoms with Gasteiger partial charge >= 0.3 is 11.9 Å². The van der Waals surface area contributed by atoms with Crippen LogP contribution in [0.5, 0.6) is 0 Å². The number of ether oxygens (including phenoxy) is 6. The summed E-state index contributed by atoms with van der Waals surface area (Å²) in [6, 6.07) is 29.7. The fourth-order valence-corrected chi connectivity index (χ4v) is 9.91. The molecule has 22 nitrogen and oxygen atoms in total. The summed E-state index contributed by atoms with van der Waals surface area (Å²) in [4.78, 5) is 37.8. The van der Waals surface area contributed by atoms with Crippen molar-refractivity contribution in [3.05, 3.63) is 143 Å². The Hall–Kier alpha value is -4.45. The van der Waals surface area contributed by atoms with Crippen molar-refractivity contribution in [2.45, 2.75) is 187 Å². The van der Waals surface area contributed by atoms with Crippen LogP contribution in [0.4, 0.5) is 11.6 Å². The molecule has 5 aliphatic rings. The molecule has 0 radical (unpaired) electrons. The molecule has 0 aliphatic carbocycles. The van der Waals surface area contributed by atoms with Gasteiger partial charge in [-0.3, -0.25) is 9.59 Å². The van der Waals surface area contributed by atoms with Crippen molar-refractivity contribution >= 4 is 74.3 Å². The normalized spacial score (nSPS) is 16.8. The van der Waals surface area contributed by atoms with Crippen LogP contribution in [-0.2, 0) is 51.0 Å². The number of anilines is 2. The highest BCUT2D eigenvalue weighted by Gasteiger charge is 2.30. The van der Waals surface area contributed by atoms with Gasteiger partial charge < -0.3 is 93.1 Å². The Morgan fingerprint density at radius 2 is 1.20 bits per heavy atom. The SMILES string of the molecule is C1=CCNC1.CC(Cl)(Cl)CCN.CC(OC(C)(C)C)[C@H](N)C(=O)OC(C)(C)C.CCC(C)[C@H](N)C(=O)OC(C)(C)C.CNCC/C=C/Br.CNCC1OCCO1.Clc1ccccc1N1CCNCC1.NC[C@H]1CCCO1.c1ccc(CCNCc2ccccc2)cc1.c1cnc(N2CCNCC2)nc1. The molecule has 4 fully saturated rings. The van der Waals surface area contributed by atoms with Crippen molar-refractivity contribution in [3.63, 3.8) is 0 Å². The minimum absolute atomic E-state index is 0.000000000000000222. The van der Waals surface area contributed by atoms with Gasteiger partial charge in [0.15, 0.2) is 6.29 Å². The van der Waals surface area contributed by atoms with Crippen molar-refractivity contribution in [2.75, 3.05) is 142 Å². The summed E-state index contributed by atoms with van der Waals surface area (Å²) < 4.78 is 30.7. The molecule has 3 aromatic carbocycles. The second-order valence-corrected chi connectivity index (χ2v) is 30.7. The Morgan fingerprint density at radius 3 is 1.62 bits per heavy atom. The summed E-state index contributed by atoms with van der Waals surface area (Å²) >= 11 is 20.3. The van der Waals surface area contributed by atoms with Gasteiger partial charge in [0.2, 0.25) is 5.95 Å². The smallest absolute Gasteiger partial charge is 0.326 e. The monoisotopic (exact) mass is 1580 g/mol. The lowest BCUT2D eigenvalue weighted by Gasteiger charge is -2.30. The molecule has 4 saturated heterocycles. The number of piperazine rings is 2. The topological polar surface area (TPSA) is 298 Å². The van der Waals surface area contributed by atoms with E-state index in [1.165, 1.54) is 17.5 Å². The third-order valence-electron chi connectivity index (χ3n) is 14.8. The molecule has 0 amide bonds. The lowest BCUT2D eigenvalue weighted by molar-refractivity contribution is -0.163. The number of carbonyl (C=O) groups is 2. The molecule has 594 valence electrons. The van der Waals surface area contributed by atoms with E-state index in [4.69, 9.17) is 86.2 Å². The van der Waals surface area contributed by atoms with Crippen molar-refractivity contribution in [2.24, 2.45) is 28.9 Å². The number of carbonyl (C=O) groups excluding carboxylic acids is 2. The number of likely N-dealkylation sites (N-methyl/N-ethyl adjacent to an activating group) is 1. The van der Waals surface area contributed by atoms with E-state index in [0.29, 0.717) is 25.6 Å². The highest BCUT2D eigenvalue weighted by atomic mass is 79.9. The van der Waals surface area contributed by atoms with Crippen molar-refractivity contribution < 1.29 is 38.0 Å². The van der Waals surface area contributed by atoms with Crippen LogP contribution in [0, 0.1) is 5.92 Å². The molecule has 4 aromatic rings. The molecule has 6 heterocycles. The maximum absolute atomic E-state index is 11.7. The van der Waals surface area contributed by atoms with Crippen molar-refractivity contribution in [1.29, 1.82) is 0 Å². The third kappa shape index (κ3) is 56.8. The first kappa shape index (κ1) is 99.6. The van der Waals surface area contributed by atoms with Crippen LogP contribution in [0.2, 0.25) is 5.02 Å². The molecule has 0 bridgehead atoms. The van der Waals surface area contributed by atoms with Crippen LogP contribution >= 0.6 is 50.7 Å². The van der Waals surface area contributed by atoms with Crippen LogP contribution in [0.3, 0.4) is 0 Å². The highest BCUT2D eigenvalue weighted by molar-refractivity contribution is 9.11. The van der Waals surface area contributed by atoms with Crippen molar-refractivity contribution in [1.82, 2.24) is 41.9 Å². The van der Waals surface area contributed by atoms with Crippen LogP contribution in [-0.4, -0.2) is 206 Å². The number of halogens is 4. The second kappa shape index (κ2) is 60.5. The zero-order valence-corrected chi connectivity index (χ0v) is 69.5. The summed E-state index contributed by atoms with van der Waals surface area (Å²) in [5, 5.41) is 20.0. The maximum Gasteiger partial charge on any atom is 0.326 e. The molecule has 9 rings (SSSR count). The quantitative estimate of drug-likeness (QED) is 0.0160. The maximum atomic E-state index is 11.7. The predicted molar refractivity (Wildman–Crippen MR) is 439 cm³/mol. The summed E-state index contributed by atoms with van der Waals surface area (Å²) in [6.45, 7) is 42.0. The lowest BCUT2D eigenvalue weighted by atomic mass is 10.00. The largest absolute Gasteiger partial charge is 0.459 e. The van der Waals surface area contributed by atoms with E-state index in [1.54, 1.807) is 26.2 Å². The fourth-order valence-electron chi connectivity index (χ4n) is 9.17. The number of benzene rings is 3. The van der Waals surface area contributed by atoms with Gasteiger partial charge in [-0.25, -0.2) is 9.97 Å². The molecule has 14 N–H and O–H groups in total. The highest BCUT2D eigenvalue weighted by Crippen LogP contribution is 2.25. The van der Waals surface area contributed by atoms with Gasteiger partial charge in [-0.15, -0.1) is 23.2 Å². The van der Waals surface area contributed by atoms with E-state index >= 15 is 0 Å². The van der Waals surface area contributed by atoms with Gasteiger partial charge in [-0.1, -0.05) is 139 Å². The number of para-hydroxylation sites is 1. The third-order valence-corrected chi connectivity index (χ3v) is 15.9. The van der Waals surface area contributed by atoms with Gasteiger partial charge in [0.1, 0.15) is 27.6 Å². The molecule has 2 unspecified atom stereocenters. The molecule has 5 atom stereocenters. The van der Waals surface area contributed by atoms with E-state index in [0.717, 1.165) is 154 Å². The van der Waals surface area contributed by atoms with Crippen LogP contribution in [0.15, 0.2) is 127 Å². The number of aromatic nitrogens is 2. The first-order valence-corrected chi connectivity index (χ1v) is 38.8. The average Bonchev–Trinajstić information content (AvgIpc) is 1.15. The first-order valence-electron chi connectivity index (χ1n) is 36.7. The van der Waals surface area contributed by atoms with Gasteiger partial charge in [0.25, 0.3) is 0 Å². The van der Waals surface area contributed by atoms with E-state index in [-0.39, 0.29) is 29.9 Å². The number of hydrogen-bond acceptors (Lipinski definition) is 22. The number of esters is 2. The molecular formula is C78H136BrCl3N14O8. The van der Waals surface area contributed by atoms with Gasteiger partial charge in [-0.2, -0.15) is 0 Å². The standard InChI is InChI=1S/C15H17N.C12H25NO3.C10H13ClN2.C10H21NO2.C8H12N4.C5H10BrN.C5H11NO2.C5H11NO.C4H9Cl2N.C4H7N/c1-3-7-14(8-4-1)11-12-16-13-15-9-5-2-6-10-15;1-8(15-11(2,3)4)9(13)10(14)16-12(5,6)7;11-9-3-1-2-4-10(9)13-7-5-12-6-8-13;1-6-7(2)8(11)9(12)13-10(3,4)5;1-2-10-8(11-3-1)12-6-4-9-5-7-12;1-7-5-3-2-4-6;1-6-4-5-7-2-3-8-5;6-4-5-2-1-3-7-5;1-4(5,6)2-3-7;1-2-4-5-3-1/h1-10,16H,11-13H2;8-9H,13H2,1-7H3;1-4,12H,5-8H2;7-8H,6,11H2,1-5H3;1-3,9H,4-7H2;2,4,7H,3,5H2,1H3;5-6H,2-4H2,1H3;5H,1-4,6H2;2-3,7H2,1H3;1-2,5H,3-4H2/b;;;;;4-2+;;;;/t;8?,9-;;7?,8-;;;;5-;;/m.0.0...1../s1. The molecule has 0 spiro atoms. The van der Waals surface area contributed by atoms with E-state index in [2.05, 4.69) is 146 Å². The number of nitrogens with one attached hydrogen (secondary N) is 6. The minimum Gasteiger partial charge on any atom is -0.459 e. The molecule has 1 aromatic heterocycles. The number of alkyl halides is 2. The van der Waals surface area contributed by atoms with E-state index in [1.807, 2.05) is 126 Å². The van der Waals surface area contributed by atoms with Gasteiger partial charge in [-0.05, 0) is 182 Å². The molecule has 104 heavy (non-hydrogen) atoms. The molecule has 5 aliphatic heterocycles. The average molecular weight is 1580 g/mol. The van der Waals surface area contributed by atoms with Crippen LogP contribution in [0.1, 0.15) is 133 Å². The Kier molecular flexibility index (Phi) is 57.9. The summed E-state index contributed by atoms with van der Waals surface area (Å²) in [5.41, 5.74) is 24.5. The van der Waals surface area contributed by atoms with Gasteiger partial charge in [0, 0.05) is 104 Å².